The molecule has 4 rings (SSSR count). The zero-order valence-corrected chi connectivity index (χ0v) is 22.4. The monoisotopic (exact) mass is 545 g/mol. The van der Waals surface area contributed by atoms with Crippen molar-refractivity contribution in [1.82, 2.24) is 4.90 Å². The van der Waals surface area contributed by atoms with Crippen LogP contribution >= 0.6 is 23.2 Å². The van der Waals surface area contributed by atoms with Crippen LogP contribution in [0.4, 0.5) is 11.4 Å². The number of piperazine rings is 1. The largest absolute Gasteiger partial charge is 0.368 e. The summed E-state index contributed by atoms with van der Waals surface area (Å²) in [4.78, 5) is 17.0. The number of halogens is 2. The average Bonchev–Trinajstić information content (AvgIpc) is 2.88. The van der Waals surface area contributed by atoms with Crippen LogP contribution in [-0.4, -0.2) is 45.4 Å². The number of nitrogens with zero attached hydrogens (tertiary/aromatic N) is 2. The van der Waals surface area contributed by atoms with Crippen molar-refractivity contribution >= 4 is 50.5 Å². The number of carbonyl (C=O) groups excluding carboxylic acids is 1. The number of hydrogen-bond donors (Lipinski definition) is 1. The van der Waals surface area contributed by atoms with Gasteiger partial charge in [-0.2, -0.15) is 0 Å². The Bertz CT molecular complexity index is 1310. The van der Waals surface area contributed by atoms with Gasteiger partial charge in [-0.1, -0.05) is 66.9 Å². The fraction of sp³-hybridized carbons (Fsp3) is 0.296. The van der Waals surface area contributed by atoms with Crippen LogP contribution in [0.3, 0.4) is 0 Å². The van der Waals surface area contributed by atoms with Gasteiger partial charge in [0.25, 0.3) is 15.9 Å². The molecule has 1 saturated heterocycles. The molecule has 1 heterocycles. The molecule has 0 atom stereocenters. The van der Waals surface area contributed by atoms with E-state index in [0.717, 1.165) is 30.5 Å². The molecule has 0 bridgehead atoms. The Morgan fingerprint density at radius 1 is 0.917 bits per heavy atom. The minimum absolute atomic E-state index is 0.0440. The third-order valence-electron chi connectivity index (χ3n) is 6.25. The maximum absolute atomic E-state index is 13.3. The molecule has 3 aromatic carbocycles. The summed E-state index contributed by atoms with van der Waals surface area (Å²) in [6.07, 6.45) is 3.11. The molecule has 0 aromatic heterocycles. The SMILES string of the molecule is CCCCc1ccc(NS(=O)(=O)c2cc(C(=O)N3CCN(c4ccccc4)CC3)c(Cl)cc2Cl)cc1. The number of para-hydroxylation sites is 1. The smallest absolute Gasteiger partial charge is 0.263 e. The molecule has 0 aliphatic carbocycles. The lowest BCUT2D eigenvalue weighted by atomic mass is 10.1. The number of rotatable bonds is 8. The average molecular weight is 547 g/mol. The van der Waals surface area contributed by atoms with Gasteiger partial charge in [0.2, 0.25) is 0 Å². The first kappa shape index (κ1) is 26.3. The maximum Gasteiger partial charge on any atom is 0.263 e. The van der Waals surface area contributed by atoms with Gasteiger partial charge in [0.1, 0.15) is 4.90 Å². The van der Waals surface area contributed by atoms with E-state index in [0.29, 0.717) is 31.9 Å². The first-order chi connectivity index (χ1) is 17.3. The molecule has 3 aromatic rings. The summed E-state index contributed by atoms with van der Waals surface area (Å²) in [5, 5.41) is 0.0761. The Balaban J connectivity index is 1.50. The van der Waals surface area contributed by atoms with Crippen molar-refractivity contribution in [1.29, 1.82) is 0 Å². The normalized spacial score (nSPS) is 14.1. The molecule has 190 valence electrons. The van der Waals surface area contributed by atoms with E-state index in [2.05, 4.69) is 16.5 Å². The number of amides is 1. The topological polar surface area (TPSA) is 69.7 Å². The number of carbonyl (C=O) groups is 1. The van der Waals surface area contributed by atoms with Gasteiger partial charge in [-0.3, -0.25) is 9.52 Å². The highest BCUT2D eigenvalue weighted by Gasteiger charge is 2.27. The van der Waals surface area contributed by atoms with Gasteiger partial charge in [0, 0.05) is 37.6 Å². The Morgan fingerprint density at radius 3 is 2.22 bits per heavy atom. The molecular weight excluding hydrogens is 517 g/mol. The summed E-state index contributed by atoms with van der Waals surface area (Å²) in [7, 11) is -4.04. The second-order valence-corrected chi connectivity index (χ2v) is 11.2. The molecule has 1 aliphatic heterocycles. The summed E-state index contributed by atoms with van der Waals surface area (Å²) in [6, 6.07) is 19.9. The van der Waals surface area contributed by atoms with E-state index in [1.807, 2.05) is 42.5 Å². The molecule has 1 N–H and O–H groups in total. The lowest BCUT2D eigenvalue weighted by Crippen LogP contribution is -2.48. The van der Waals surface area contributed by atoms with E-state index in [-0.39, 0.29) is 26.4 Å². The summed E-state index contributed by atoms with van der Waals surface area (Å²) in [5.74, 6) is -0.318. The molecule has 36 heavy (non-hydrogen) atoms. The van der Waals surface area contributed by atoms with Crippen molar-refractivity contribution in [2.75, 3.05) is 35.8 Å². The molecule has 0 radical (unpaired) electrons. The number of aryl methyl sites for hydroxylation is 1. The lowest BCUT2D eigenvalue weighted by molar-refractivity contribution is 0.0746. The van der Waals surface area contributed by atoms with E-state index >= 15 is 0 Å². The zero-order valence-electron chi connectivity index (χ0n) is 20.1. The van der Waals surface area contributed by atoms with Gasteiger partial charge >= 0.3 is 0 Å². The van der Waals surface area contributed by atoms with Gasteiger partial charge in [-0.05, 0) is 54.8 Å². The van der Waals surface area contributed by atoms with Crippen molar-refractivity contribution in [2.45, 2.75) is 31.1 Å². The predicted octanol–water partition coefficient (Wildman–Crippen LogP) is 6.10. The highest BCUT2D eigenvalue weighted by molar-refractivity contribution is 7.92. The van der Waals surface area contributed by atoms with Gasteiger partial charge < -0.3 is 9.80 Å². The fourth-order valence-corrected chi connectivity index (χ4v) is 6.12. The molecule has 1 amide bonds. The zero-order chi connectivity index (χ0) is 25.7. The Labute approximate surface area is 222 Å². The third kappa shape index (κ3) is 6.14. The second kappa shape index (κ2) is 11.5. The van der Waals surface area contributed by atoms with E-state index < -0.39 is 10.0 Å². The number of nitrogens with one attached hydrogen (secondary N) is 1. The molecule has 1 fully saturated rings. The summed E-state index contributed by atoms with van der Waals surface area (Å²) >= 11 is 12.6. The lowest BCUT2D eigenvalue weighted by Gasteiger charge is -2.36. The molecule has 1 aliphatic rings. The summed E-state index contributed by atoms with van der Waals surface area (Å²) in [5.41, 5.74) is 2.78. The summed E-state index contributed by atoms with van der Waals surface area (Å²) < 4.78 is 28.9. The number of benzene rings is 3. The van der Waals surface area contributed by atoms with Crippen LogP contribution in [0.25, 0.3) is 0 Å². The van der Waals surface area contributed by atoms with Crippen LogP contribution in [0.2, 0.25) is 10.0 Å². The molecular formula is C27H29Cl2N3O3S. The van der Waals surface area contributed by atoms with E-state index in [1.54, 1.807) is 17.0 Å². The van der Waals surface area contributed by atoms with Crippen molar-refractivity contribution in [2.24, 2.45) is 0 Å². The quantitative estimate of drug-likeness (QED) is 0.371. The van der Waals surface area contributed by atoms with Crippen molar-refractivity contribution in [3.8, 4) is 0 Å². The third-order valence-corrected chi connectivity index (χ3v) is 8.41. The Kier molecular flexibility index (Phi) is 8.44. The van der Waals surface area contributed by atoms with Crippen LogP contribution < -0.4 is 9.62 Å². The standard InChI is InChI=1S/C27H29Cl2N3O3S/c1-2-3-7-20-10-12-21(13-11-20)30-36(34,35)26-18-23(24(28)19-25(26)29)27(33)32-16-14-31(15-17-32)22-8-5-4-6-9-22/h4-6,8-13,18-19,30H,2-3,7,14-17H2,1H3. The van der Waals surface area contributed by atoms with Crippen molar-refractivity contribution in [3.05, 3.63) is 87.9 Å². The predicted molar refractivity (Wildman–Crippen MR) is 147 cm³/mol. The van der Waals surface area contributed by atoms with Gasteiger partial charge in [0.15, 0.2) is 0 Å². The molecule has 9 heteroatoms. The minimum Gasteiger partial charge on any atom is -0.368 e. The molecule has 0 spiro atoms. The maximum atomic E-state index is 13.3. The molecule has 6 nitrogen and oxygen atoms in total. The number of sulfonamides is 1. The van der Waals surface area contributed by atoms with Crippen LogP contribution in [0.5, 0.6) is 0 Å². The van der Waals surface area contributed by atoms with Crippen LogP contribution in [-0.2, 0) is 16.4 Å². The Morgan fingerprint density at radius 2 is 1.58 bits per heavy atom. The van der Waals surface area contributed by atoms with Crippen molar-refractivity contribution in [3.63, 3.8) is 0 Å². The van der Waals surface area contributed by atoms with Gasteiger partial charge in [0.05, 0.1) is 15.6 Å². The molecule has 0 saturated carbocycles. The van der Waals surface area contributed by atoms with Crippen molar-refractivity contribution < 1.29 is 13.2 Å². The minimum atomic E-state index is -4.04. The fourth-order valence-electron chi connectivity index (χ4n) is 4.21. The van der Waals surface area contributed by atoms with E-state index in [1.165, 1.54) is 12.1 Å². The highest BCUT2D eigenvalue weighted by Crippen LogP contribution is 2.31. The van der Waals surface area contributed by atoms with Crippen LogP contribution in [0, 0.1) is 0 Å². The first-order valence-corrected chi connectivity index (χ1v) is 14.2. The van der Waals surface area contributed by atoms with E-state index in [4.69, 9.17) is 23.2 Å². The van der Waals surface area contributed by atoms with Crippen LogP contribution in [0.15, 0.2) is 71.6 Å². The summed E-state index contributed by atoms with van der Waals surface area (Å²) in [6.45, 7) is 4.46. The van der Waals surface area contributed by atoms with Gasteiger partial charge in [-0.25, -0.2) is 8.42 Å². The highest BCUT2D eigenvalue weighted by atomic mass is 35.5. The van der Waals surface area contributed by atoms with Crippen LogP contribution in [0.1, 0.15) is 35.7 Å². The number of anilines is 2. The number of hydrogen-bond acceptors (Lipinski definition) is 4. The first-order valence-electron chi connectivity index (χ1n) is 12.0. The number of unbranched alkanes of at least 4 members (excludes halogenated alkanes) is 1. The Hall–Kier alpha value is -2.74. The molecule has 0 unspecified atom stereocenters. The van der Waals surface area contributed by atoms with E-state index in [9.17, 15) is 13.2 Å². The van der Waals surface area contributed by atoms with Gasteiger partial charge in [-0.15, -0.1) is 0 Å². The second-order valence-electron chi connectivity index (χ2n) is 8.78.